The van der Waals surface area contributed by atoms with Crippen LogP contribution in [-0.4, -0.2) is 11.0 Å². The number of aromatic nitrogens is 1. The molecule has 2 heteroatoms. The summed E-state index contributed by atoms with van der Waals surface area (Å²) in [4.78, 5) is 4.40. The summed E-state index contributed by atoms with van der Waals surface area (Å²) < 4.78 is 0. The van der Waals surface area contributed by atoms with E-state index in [9.17, 15) is 0 Å². The van der Waals surface area contributed by atoms with Gasteiger partial charge in [-0.05, 0) is 37.3 Å². The van der Waals surface area contributed by atoms with Crippen molar-refractivity contribution in [2.75, 3.05) is 5.32 Å². The predicted molar refractivity (Wildman–Crippen MR) is 64.0 cm³/mol. The Morgan fingerprint density at radius 1 is 1.33 bits per heavy atom. The maximum absolute atomic E-state index is 4.40. The maximum atomic E-state index is 4.40. The second-order valence-corrected chi connectivity index (χ2v) is 4.68. The van der Waals surface area contributed by atoms with Crippen LogP contribution in [0.1, 0.15) is 38.2 Å². The van der Waals surface area contributed by atoms with Gasteiger partial charge in [0.2, 0.25) is 0 Å². The van der Waals surface area contributed by atoms with E-state index in [0.29, 0.717) is 6.04 Å². The Balaban J connectivity index is 2.04. The Kier molecular flexibility index (Phi) is 3.24. The van der Waals surface area contributed by atoms with Gasteiger partial charge in [0.1, 0.15) is 5.82 Å². The monoisotopic (exact) mass is 204 g/mol. The summed E-state index contributed by atoms with van der Waals surface area (Å²) in [6.45, 7) is 4.46. The van der Waals surface area contributed by atoms with Crippen LogP contribution in [0, 0.1) is 12.8 Å². The van der Waals surface area contributed by atoms with Crippen LogP contribution in [0.25, 0.3) is 0 Å². The molecular weight excluding hydrogens is 184 g/mol. The SMILES string of the molecule is Cc1cccnc1NC1CCCCC1C. The largest absolute Gasteiger partial charge is 0.367 e. The lowest BCUT2D eigenvalue weighted by Gasteiger charge is -2.30. The zero-order valence-electron chi connectivity index (χ0n) is 9.66. The van der Waals surface area contributed by atoms with Crippen LogP contribution in [0.2, 0.25) is 0 Å². The molecule has 2 nitrogen and oxygen atoms in total. The van der Waals surface area contributed by atoms with E-state index in [4.69, 9.17) is 0 Å². The lowest BCUT2D eigenvalue weighted by Crippen LogP contribution is -2.30. The van der Waals surface area contributed by atoms with E-state index in [1.165, 1.54) is 31.2 Å². The van der Waals surface area contributed by atoms with E-state index < -0.39 is 0 Å². The van der Waals surface area contributed by atoms with Crippen molar-refractivity contribution in [2.24, 2.45) is 5.92 Å². The quantitative estimate of drug-likeness (QED) is 0.798. The van der Waals surface area contributed by atoms with Crippen molar-refractivity contribution < 1.29 is 0 Å². The minimum Gasteiger partial charge on any atom is -0.367 e. The van der Waals surface area contributed by atoms with Gasteiger partial charge in [0.25, 0.3) is 0 Å². The molecular formula is C13H20N2. The summed E-state index contributed by atoms with van der Waals surface area (Å²) in [5.41, 5.74) is 1.25. The first-order valence-electron chi connectivity index (χ1n) is 5.95. The van der Waals surface area contributed by atoms with Crippen LogP contribution in [0.3, 0.4) is 0 Å². The number of hydrogen-bond donors (Lipinski definition) is 1. The van der Waals surface area contributed by atoms with Gasteiger partial charge in [-0.3, -0.25) is 0 Å². The summed E-state index contributed by atoms with van der Waals surface area (Å²) in [5, 5.41) is 3.59. The third-order valence-corrected chi connectivity index (χ3v) is 3.44. The number of anilines is 1. The zero-order chi connectivity index (χ0) is 10.7. The highest BCUT2D eigenvalue weighted by Crippen LogP contribution is 2.26. The first-order valence-corrected chi connectivity index (χ1v) is 5.95. The van der Waals surface area contributed by atoms with Crippen LogP contribution in [0.15, 0.2) is 18.3 Å². The van der Waals surface area contributed by atoms with Gasteiger partial charge in [-0.25, -0.2) is 4.98 Å². The standard InChI is InChI=1S/C13H20N2/c1-10-6-3-4-8-12(10)15-13-11(2)7-5-9-14-13/h5,7,9-10,12H,3-4,6,8H2,1-2H3,(H,14,15). The molecule has 0 saturated heterocycles. The average Bonchev–Trinajstić information content (AvgIpc) is 2.24. The fraction of sp³-hybridized carbons (Fsp3) is 0.615. The minimum atomic E-state index is 0.618. The van der Waals surface area contributed by atoms with E-state index in [1.54, 1.807) is 0 Å². The molecule has 82 valence electrons. The molecule has 1 fully saturated rings. The number of rotatable bonds is 2. The van der Waals surface area contributed by atoms with Crippen LogP contribution in [0.5, 0.6) is 0 Å². The van der Waals surface area contributed by atoms with Gasteiger partial charge in [-0.2, -0.15) is 0 Å². The van der Waals surface area contributed by atoms with Gasteiger partial charge in [-0.15, -0.1) is 0 Å². The molecule has 0 bridgehead atoms. The van der Waals surface area contributed by atoms with Crippen molar-refractivity contribution in [1.82, 2.24) is 4.98 Å². The minimum absolute atomic E-state index is 0.618. The normalized spacial score (nSPS) is 26.3. The Labute approximate surface area is 92.1 Å². The first-order chi connectivity index (χ1) is 7.27. The number of nitrogens with zero attached hydrogens (tertiary/aromatic N) is 1. The number of aryl methyl sites for hydroxylation is 1. The van der Waals surface area contributed by atoms with E-state index >= 15 is 0 Å². The van der Waals surface area contributed by atoms with Gasteiger partial charge in [-0.1, -0.05) is 25.8 Å². The van der Waals surface area contributed by atoms with Crippen LogP contribution in [0.4, 0.5) is 5.82 Å². The first kappa shape index (κ1) is 10.5. The highest BCUT2D eigenvalue weighted by Gasteiger charge is 2.21. The molecule has 0 radical (unpaired) electrons. The maximum Gasteiger partial charge on any atom is 0.129 e. The molecule has 2 atom stereocenters. The highest BCUT2D eigenvalue weighted by atomic mass is 15.0. The summed E-state index contributed by atoms with van der Waals surface area (Å²) in [6, 6.07) is 4.72. The summed E-state index contributed by atoms with van der Waals surface area (Å²) in [5.74, 6) is 1.84. The number of hydrogen-bond acceptors (Lipinski definition) is 2. The fourth-order valence-electron chi connectivity index (χ4n) is 2.34. The molecule has 1 heterocycles. The zero-order valence-corrected chi connectivity index (χ0v) is 9.66. The van der Waals surface area contributed by atoms with E-state index in [1.807, 2.05) is 12.3 Å². The van der Waals surface area contributed by atoms with Crippen molar-refractivity contribution in [3.63, 3.8) is 0 Å². The van der Waals surface area contributed by atoms with Gasteiger partial charge in [0, 0.05) is 12.2 Å². The van der Waals surface area contributed by atoms with Gasteiger partial charge in [0.15, 0.2) is 0 Å². The molecule has 1 aromatic rings. The van der Waals surface area contributed by atoms with Crippen LogP contribution < -0.4 is 5.32 Å². The van der Waals surface area contributed by atoms with Crippen molar-refractivity contribution >= 4 is 5.82 Å². The van der Waals surface area contributed by atoms with E-state index in [-0.39, 0.29) is 0 Å². The van der Waals surface area contributed by atoms with Crippen molar-refractivity contribution in [3.05, 3.63) is 23.9 Å². The average molecular weight is 204 g/mol. The van der Waals surface area contributed by atoms with Crippen molar-refractivity contribution in [1.29, 1.82) is 0 Å². The molecule has 2 rings (SSSR count). The molecule has 0 amide bonds. The Bertz CT molecular complexity index is 322. The Morgan fingerprint density at radius 3 is 2.87 bits per heavy atom. The summed E-state index contributed by atoms with van der Waals surface area (Å²) >= 11 is 0. The van der Waals surface area contributed by atoms with E-state index in [2.05, 4.69) is 30.2 Å². The van der Waals surface area contributed by atoms with Gasteiger partial charge < -0.3 is 5.32 Å². The molecule has 0 aromatic carbocycles. The molecule has 1 saturated carbocycles. The van der Waals surface area contributed by atoms with Crippen LogP contribution in [-0.2, 0) is 0 Å². The summed E-state index contributed by atoms with van der Waals surface area (Å²) in [7, 11) is 0. The molecule has 1 aliphatic carbocycles. The molecule has 0 spiro atoms. The third kappa shape index (κ3) is 2.49. The van der Waals surface area contributed by atoms with Gasteiger partial charge in [0.05, 0.1) is 0 Å². The molecule has 2 unspecified atom stereocenters. The molecule has 1 aliphatic rings. The topological polar surface area (TPSA) is 24.9 Å². The highest BCUT2D eigenvalue weighted by molar-refractivity contribution is 5.43. The van der Waals surface area contributed by atoms with Gasteiger partial charge >= 0.3 is 0 Å². The lowest BCUT2D eigenvalue weighted by atomic mass is 9.86. The second-order valence-electron chi connectivity index (χ2n) is 4.68. The van der Waals surface area contributed by atoms with E-state index in [0.717, 1.165) is 11.7 Å². The summed E-state index contributed by atoms with van der Waals surface area (Å²) in [6.07, 6.45) is 7.25. The third-order valence-electron chi connectivity index (χ3n) is 3.44. The smallest absolute Gasteiger partial charge is 0.129 e. The van der Waals surface area contributed by atoms with Crippen molar-refractivity contribution in [2.45, 2.75) is 45.6 Å². The number of nitrogens with one attached hydrogen (secondary N) is 1. The predicted octanol–water partition coefficient (Wildman–Crippen LogP) is 3.38. The second kappa shape index (κ2) is 4.65. The number of pyridine rings is 1. The molecule has 15 heavy (non-hydrogen) atoms. The molecule has 0 aliphatic heterocycles. The molecule has 1 aromatic heterocycles. The van der Waals surface area contributed by atoms with Crippen molar-refractivity contribution in [3.8, 4) is 0 Å². The Hall–Kier alpha value is -1.05. The Morgan fingerprint density at radius 2 is 2.13 bits per heavy atom. The fourth-order valence-corrected chi connectivity index (χ4v) is 2.34. The van der Waals surface area contributed by atoms with Crippen LogP contribution >= 0.6 is 0 Å². The molecule has 1 N–H and O–H groups in total. The lowest BCUT2D eigenvalue weighted by molar-refractivity contribution is 0.349.